The lowest BCUT2D eigenvalue weighted by Crippen LogP contribution is -2.43. The van der Waals surface area contributed by atoms with Gasteiger partial charge in [0, 0.05) is 58.3 Å². The van der Waals surface area contributed by atoms with Crippen LogP contribution in [0.25, 0.3) is 23.0 Å². The van der Waals surface area contributed by atoms with Gasteiger partial charge in [-0.3, -0.25) is 14.5 Å². The Kier molecular flexibility index (Phi) is 10.2. The van der Waals surface area contributed by atoms with Gasteiger partial charge < -0.3 is 9.47 Å². The molecule has 0 atom stereocenters. The molecule has 10 heteroatoms. The van der Waals surface area contributed by atoms with Crippen LogP contribution in [0.5, 0.6) is 5.75 Å². The van der Waals surface area contributed by atoms with Crippen molar-refractivity contribution >= 4 is 41.1 Å². The Morgan fingerprint density at radius 1 is 1.00 bits per heavy atom. The maximum atomic E-state index is 13.7. The molecule has 0 spiro atoms. The zero-order valence-corrected chi connectivity index (χ0v) is 26.3. The minimum Gasteiger partial charge on any atom is -0.489 e. The van der Waals surface area contributed by atoms with Gasteiger partial charge in [-0.15, -0.1) is 0 Å². The molecule has 5 rings (SSSR count). The molecule has 0 saturated carbocycles. The average molecular weight is 642 g/mol. The molecule has 0 fully saturated rings. The van der Waals surface area contributed by atoms with Gasteiger partial charge in [-0.05, 0) is 80.4 Å². The number of halogens is 2. The van der Waals surface area contributed by atoms with Gasteiger partial charge in [0.05, 0.1) is 11.4 Å². The first kappa shape index (κ1) is 31.7. The van der Waals surface area contributed by atoms with Crippen molar-refractivity contribution in [1.29, 1.82) is 5.26 Å². The predicted octanol–water partition coefficient (Wildman–Crippen LogP) is 7.44. The quantitative estimate of drug-likeness (QED) is 0.0960. The second-order valence-corrected chi connectivity index (χ2v) is 11.1. The molecule has 1 aromatic heterocycles. The molecule has 2 heterocycles. The van der Waals surface area contributed by atoms with Crippen LogP contribution in [0, 0.1) is 11.3 Å². The number of aromatic nitrogens is 2. The zero-order valence-electron chi connectivity index (χ0n) is 24.8. The molecule has 1 aliphatic heterocycles. The van der Waals surface area contributed by atoms with E-state index in [-0.39, 0.29) is 24.3 Å². The highest BCUT2D eigenvalue weighted by molar-refractivity contribution is 6.35. The van der Waals surface area contributed by atoms with E-state index in [1.54, 1.807) is 29.8 Å². The standard InChI is InChI=1S/C35H30Cl2N4O4/c1-3-44-17-7-16-40-34(42)30(23(2)31(20-38)35(40)43)18-26-21-41(28-8-5-4-6-9-28)39-33(26)24-11-14-29(15-12-24)45-22-25-10-13-27(36)19-32(25)37/h4-6,8-15,18-19,21H,3,7,16-17,22H2,1-2H3/b30-18+. The van der Waals surface area contributed by atoms with E-state index in [0.29, 0.717) is 52.3 Å². The number of rotatable bonds is 11. The SMILES string of the molecule is CCOCCCN1C(=O)C(C#N)=C(C)/C(=C\c2cn(-c3ccccc3)nc2-c2ccc(OCc3ccc(Cl)cc3Cl)cc2)C1=O. The second-order valence-electron chi connectivity index (χ2n) is 10.2. The Hall–Kier alpha value is -4.68. The van der Waals surface area contributed by atoms with Crippen molar-refractivity contribution in [2.24, 2.45) is 0 Å². The Bertz CT molecular complexity index is 1820. The Labute approximate surface area is 271 Å². The molecular weight excluding hydrogens is 611 g/mol. The van der Waals surface area contributed by atoms with Gasteiger partial charge in [0.2, 0.25) is 0 Å². The molecule has 228 valence electrons. The first-order valence-corrected chi connectivity index (χ1v) is 15.2. The van der Waals surface area contributed by atoms with Crippen LogP contribution in [0.1, 0.15) is 31.4 Å². The van der Waals surface area contributed by atoms with Crippen molar-refractivity contribution in [2.45, 2.75) is 26.9 Å². The number of para-hydroxylation sites is 1. The van der Waals surface area contributed by atoms with Gasteiger partial charge in [-0.2, -0.15) is 10.4 Å². The topological polar surface area (TPSA) is 97.5 Å². The van der Waals surface area contributed by atoms with Crippen LogP contribution in [0.2, 0.25) is 10.0 Å². The van der Waals surface area contributed by atoms with Crippen LogP contribution in [-0.2, 0) is 20.9 Å². The maximum Gasteiger partial charge on any atom is 0.271 e. The number of imide groups is 1. The summed E-state index contributed by atoms with van der Waals surface area (Å²) in [7, 11) is 0. The Morgan fingerprint density at radius 3 is 2.44 bits per heavy atom. The number of nitriles is 1. The van der Waals surface area contributed by atoms with Crippen LogP contribution in [0.3, 0.4) is 0 Å². The van der Waals surface area contributed by atoms with E-state index in [9.17, 15) is 14.9 Å². The summed E-state index contributed by atoms with van der Waals surface area (Å²) in [6.45, 7) is 4.85. The summed E-state index contributed by atoms with van der Waals surface area (Å²) in [6.07, 6.45) is 3.99. The Balaban J connectivity index is 1.50. The normalized spacial score (nSPS) is 14.3. The third kappa shape index (κ3) is 7.18. The molecular formula is C35H30Cl2N4O4. The van der Waals surface area contributed by atoms with Gasteiger partial charge in [0.25, 0.3) is 11.8 Å². The van der Waals surface area contributed by atoms with Crippen molar-refractivity contribution in [3.63, 3.8) is 0 Å². The number of benzene rings is 3. The third-order valence-electron chi connectivity index (χ3n) is 7.30. The molecule has 0 N–H and O–H groups in total. The molecule has 0 radical (unpaired) electrons. The molecule has 45 heavy (non-hydrogen) atoms. The second kappa shape index (κ2) is 14.4. The number of hydrogen-bond acceptors (Lipinski definition) is 6. The summed E-state index contributed by atoms with van der Waals surface area (Å²) in [5.41, 5.74) is 4.20. The molecule has 4 aromatic rings. The number of carbonyl (C=O) groups is 2. The number of carbonyl (C=O) groups excluding carboxylic acids is 2. The molecule has 2 amide bonds. The number of ether oxygens (including phenoxy) is 2. The molecule has 8 nitrogen and oxygen atoms in total. The highest BCUT2D eigenvalue weighted by Gasteiger charge is 2.35. The number of hydrogen-bond donors (Lipinski definition) is 0. The highest BCUT2D eigenvalue weighted by Crippen LogP contribution is 2.32. The highest BCUT2D eigenvalue weighted by atomic mass is 35.5. The summed E-state index contributed by atoms with van der Waals surface area (Å²) in [6, 6.07) is 24.3. The van der Waals surface area contributed by atoms with Crippen LogP contribution in [0.4, 0.5) is 0 Å². The minimum absolute atomic E-state index is 0.0587. The zero-order chi connectivity index (χ0) is 31.9. The molecule has 0 unspecified atom stereocenters. The van der Waals surface area contributed by atoms with Crippen molar-refractivity contribution < 1.29 is 19.1 Å². The molecule has 0 aliphatic carbocycles. The van der Waals surface area contributed by atoms with Crippen LogP contribution in [-0.4, -0.2) is 46.3 Å². The van der Waals surface area contributed by atoms with E-state index < -0.39 is 11.8 Å². The maximum absolute atomic E-state index is 13.7. The van der Waals surface area contributed by atoms with E-state index in [1.165, 1.54) is 0 Å². The predicted molar refractivity (Wildman–Crippen MR) is 174 cm³/mol. The van der Waals surface area contributed by atoms with Crippen molar-refractivity contribution in [3.05, 3.63) is 117 Å². The summed E-state index contributed by atoms with van der Waals surface area (Å²) in [5.74, 6) is -0.423. The fourth-order valence-corrected chi connectivity index (χ4v) is 5.36. The van der Waals surface area contributed by atoms with Gasteiger partial charge >= 0.3 is 0 Å². The van der Waals surface area contributed by atoms with Crippen molar-refractivity contribution in [1.82, 2.24) is 14.7 Å². The Morgan fingerprint density at radius 2 is 1.76 bits per heavy atom. The van der Waals surface area contributed by atoms with Crippen LogP contribution >= 0.6 is 23.2 Å². The average Bonchev–Trinajstić information content (AvgIpc) is 3.47. The van der Waals surface area contributed by atoms with E-state index in [4.69, 9.17) is 37.8 Å². The van der Waals surface area contributed by atoms with Gasteiger partial charge in [-0.1, -0.05) is 47.5 Å². The third-order valence-corrected chi connectivity index (χ3v) is 7.89. The summed E-state index contributed by atoms with van der Waals surface area (Å²) >= 11 is 12.3. The first-order valence-electron chi connectivity index (χ1n) is 14.4. The van der Waals surface area contributed by atoms with Gasteiger partial charge in [-0.25, -0.2) is 4.68 Å². The molecule has 3 aromatic carbocycles. The van der Waals surface area contributed by atoms with E-state index in [1.807, 2.05) is 79.9 Å². The van der Waals surface area contributed by atoms with Crippen molar-refractivity contribution in [3.8, 4) is 28.8 Å². The van der Waals surface area contributed by atoms with Gasteiger partial charge in [0.1, 0.15) is 24.0 Å². The van der Waals surface area contributed by atoms with Crippen LogP contribution in [0.15, 0.2) is 95.7 Å². The summed E-state index contributed by atoms with van der Waals surface area (Å²) < 4.78 is 13.1. The van der Waals surface area contributed by atoms with E-state index in [0.717, 1.165) is 21.7 Å². The first-order chi connectivity index (χ1) is 21.8. The van der Waals surface area contributed by atoms with Crippen molar-refractivity contribution in [2.75, 3.05) is 19.8 Å². The molecule has 0 saturated heterocycles. The minimum atomic E-state index is -0.593. The van der Waals surface area contributed by atoms with Crippen LogP contribution < -0.4 is 4.74 Å². The fraction of sp³-hybridized carbons (Fsp3) is 0.200. The largest absolute Gasteiger partial charge is 0.489 e. The van der Waals surface area contributed by atoms with E-state index in [2.05, 4.69) is 0 Å². The van der Waals surface area contributed by atoms with E-state index >= 15 is 0 Å². The van der Waals surface area contributed by atoms with Gasteiger partial charge in [0.15, 0.2) is 0 Å². The summed E-state index contributed by atoms with van der Waals surface area (Å²) in [5, 5.41) is 15.8. The monoisotopic (exact) mass is 640 g/mol. The lowest BCUT2D eigenvalue weighted by Gasteiger charge is -2.27. The summed E-state index contributed by atoms with van der Waals surface area (Å²) in [4.78, 5) is 27.8. The lowest BCUT2D eigenvalue weighted by molar-refractivity contribution is -0.140. The molecule has 0 bridgehead atoms. The number of amides is 2. The molecule has 1 aliphatic rings. The fourth-order valence-electron chi connectivity index (χ4n) is 4.90. The lowest BCUT2D eigenvalue weighted by atomic mass is 9.93. The smallest absolute Gasteiger partial charge is 0.271 e. The number of nitrogens with zero attached hydrogens (tertiary/aromatic N) is 4.